The Bertz CT molecular complexity index is 443. The van der Waals surface area contributed by atoms with E-state index in [0.717, 1.165) is 31.6 Å². The number of carbonyl (C=O) groups excluding carboxylic acids is 1. The number of rotatable bonds is 4. The van der Waals surface area contributed by atoms with Crippen LogP contribution in [0.5, 0.6) is 0 Å². The fourth-order valence-electron chi connectivity index (χ4n) is 2.45. The van der Waals surface area contributed by atoms with E-state index in [0.29, 0.717) is 11.6 Å². The van der Waals surface area contributed by atoms with Gasteiger partial charge in [-0.15, -0.1) is 12.4 Å². The molecule has 1 heterocycles. The summed E-state index contributed by atoms with van der Waals surface area (Å²) in [5.74, 6) is 0.0121. The molecule has 1 saturated heterocycles. The summed E-state index contributed by atoms with van der Waals surface area (Å²) in [6, 6.07) is 7.20. The van der Waals surface area contributed by atoms with Gasteiger partial charge in [0, 0.05) is 17.8 Å². The monoisotopic (exact) mass is 318 g/mol. The molecule has 6 heteroatoms. The third-order valence-electron chi connectivity index (χ3n) is 3.55. The van der Waals surface area contributed by atoms with E-state index >= 15 is 0 Å². The van der Waals surface area contributed by atoms with Gasteiger partial charge < -0.3 is 15.4 Å². The minimum absolute atomic E-state index is 0. The zero-order valence-electron chi connectivity index (χ0n) is 11.4. The number of ether oxygens (including phenoxy) is 1. The molecule has 1 aliphatic heterocycles. The van der Waals surface area contributed by atoms with E-state index in [1.54, 1.807) is 19.2 Å². The first-order valence-electron chi connectivity index (χ1n) is 6.43. The predicted octanol–water partition coefficient (Wildman–Crippen LogP) is 2.72. The van der Waals surface area contributed by atoms with Crippen LogP contribution >= 0.6 is 24.0 Å². The highest BCUT2D eigenvalue weighted by Crippen LogP contribution is 2.31. The molecular weight excluding hydrogens is 299 g/mol. The Morgan fingerprint density at radius 3 is 2.75 bits per heavy atom. The molecule has 0 atom stereocenters. The summed E-state index contributed by atoms with van der Waals surface area (Å²) in [6.45, 7) is 2.12. The Hall–Kier alpha value is -0.810. The second kappa shape index (κ2) is 7.84. The molecule has 0 unspecified atom stereocenters. The lowest BCUT2D eigenvalue weighted by molar-refractivity contribution is -0.130. The van der Waals surface area contributed by atoms with Crippen molar-refractivity contribution in [3.05, 3.63) is 29.3 Å². The molecule has 0 bridgehead atoms. The summed E-state index contributed by atoms with van der Waals surface area (Å²) in [5.41, 5.74) is 0.286. The van der Waals surface area contributed by atoms with Crippen molar-refractivity contribution in [3.8, 4) is 0 Å². The number of piperidine rings is 1. The molecule has 20 heavy (non-hydrogen) atoms. The zero-order chi connectivity index (χ0) is 13.7. The van der Waals surface area contributed by atoms with Gasteiger partial charge in [0.05, 0.1) is 12.0 Å². The number of nitrogens with one attached hydrogen (secondary N) is 2. The largest absolute Gasteiger partial charge is 0.384 e. The van der Waals surface area contributed by atoms with Gasteiger partial charge in [-0.25, -0.2) is 0 Å². The van der Waals surface area contributed by atoms with E-state index in [1.807, 2.05) is 12.1 Å². The molecule has 1 amide bonds. The van der Waals surface area contributed by atoms with Gasteiger partial charge in [0.15, 0.2) is 0 Å². The molecule has 0 aliphatic carbocycles. The highest BCUT2D eigenvalue weighted by atomic mass is 35.5. The lowest BCUT2D eigenvalue weighted by atomic mass is 9.78. The van der Waals surface area contributed by atoms with Crippen LogP contribution in [0.2, 0.25) is 5.02 Å². The van der Waals surface area contributed by atoms with Gasteiger partial charge in [-0.1, -0.05) is 17.7 Å². The summed E-state index contributed by atoms with van der Waals surface area (Å²) < 4.78 is 5.25. The van der Waals surface area contributed by atoms with Gasteiger partial charge in [0.1, 0.15) is 0 Å². The number of halogens is 2. The van der Waals surface area contributed by atoms with E-state index < -0.39 is 5.41 Å². The number of benzene rings is 1. The Balaban J connectivity index is 0.00000200. The summed E-state index contributed by atoms with van der Waals surface area (Å²) in [6.07, 6.45) is 1.57. The third-order valence-corrected chi connectivity index (χ3v) is 3.78. The zero-order valence-corrected chi connectivity index (χ0v) is 13.0. The van der Waals surface area contributed by atoms with Gasteiger partial charge in [-0.05, 0) is 44.1 Å². The van der Waals surface area contributed by atoms with Gasteiger partial charge in [0.2, 0.25) is 5.91 Å². The van der Waals surface area contributed by atoms with Gasteiger partial charge in [0.25, 0.3) is 0 Å². The van der Waals surface area contributed by atoms with Crippen molar-refractivity contribution in [1.29, 1.82) is 0 Å². The Labute approximate surface area is 130 Å². The number of anilines is 1. The lowest BCUT2D eigenvalue weighted by Gasteiger charge is -2.35. The molecule has 1 aliphatic rings. The molecule has 0 aromatic heterocycles. The van der Waals surface area contributed by atoms with Crippen LogP contribution in [-0.2, 0) is 9.53 Å². The predicted molar refractivity (Wildman–Crippen MR) is 83.7 cm³/mol. The van der Waals surface area contributed by atoms with Crippen LogP contribution in [-0.4, -0.2) is 32.7 Å². The number of amides is 1. The fourth-order valence-corrected chi connectivity index (χ4v) is 2.64. The standard InChI is InChI=1S/C14H19ClN2O2.ClH/c1-19-10-14(5-7-16-8-6-14)13(18)17-12-4-2-3-11(15)9-12;/h2-4,9,16H,5-8,10H2,1H3,(H,17,18);1H. The smallest absolute Gasteiger partial charge is 0.233 e. The average molecular weight is 319 g/mol. The molecule has 112 valence electrons. The van der Waals surface area contributed by atoms with E-state index in [-0.39, 0.29) is 18.3 Å². The van der Waals surface area contributed by atoms with Crippen LogP contribution in [0, 0.1) is 5.41 Å². The van der Waals surface area contributed by atoms with E-state index in [1.165, 1.54) is 0 Å². The minimum atomic E-state index is -0.442. The fraction of sp³-hybridized carbons (Fsp3) is 0.500. The van der Waals surface area contributed by atoms with E-state index in [9.17, 15) is 4.79 Å². The Kier molecular flexibility index (Phi) is 6.76. The molecular formula is C14H20Cl2N2O2. The highest BCUT2D eigenvalue weighted by molar-refractivity contribution is 6.30. The topological polar surface area (TPSA) is 50.4 Å². The minimum Gasteiger partial charge on any atom is -0.384 e. The third kappa shape index (κ3) is 4.09. The SMILES string of the molecule is COCC1(C(=O)Nc2cccc(Cl)c2)CCNCC1.Cl. The van der Waals surface area contributed by atoms with Gasteiger partial charge >= 0.3 is 0 Å². The maximum Gasteiger partial charge on any atom is 0.233 e. The van der Waals surface area contributed by atoms with Crippen molar-refractivity contribution in [2.45, 2.75) is 12.8 Å². The normalized spacial score (nSPS) is 17.1. The van der Waals surface area contributed by atoms with Crippen LogP contribution < -0.4 is 10.6 Å². The first kappa shape index (κ1) is 17.2. The summed E-state index contributed by atoms with van der Waals surface area (Å²) in [4.78, 5) is 12.5. The molecule has 2 rings (SSSR count). The van der Waals surface area contributed by atoms with Crippen LogP contribution in [0.3, 0.4) is 0 Å². The van der Waals surface area contributed by atoms with Crippen LogP contribution in [0.15, 0.2) is 24.3 Å². The Morgan fingerprint density at radius 1 is 1.45 bits per heavy atom. The molecule has 0 spiro atoms. The van der Waals surface area contributed by atoms with Crippen molar-refractivity contribution in [2.75, 3.05) is 32.1 Å². The maximum absolute atomic E-state index is 12.5. The number of hydrogen-bond donors (Lipinski definition) is 2. The van der Waals surface area contributed by atoms with Crippen molar-refractivity contribution >= 4 is 35.6 Å². The number of hydrogen-bond acceptors (Lipinski definition) is 3. The van der Waals surface area contributed by atoms with Crippen LogP contribution in [0.25, 0.3) is 0 Å². The van der Waals surface area contributed by atoms with E-state index in [2.05, 4.69) is 10.6 Å². The molecule has 2 N–H and O–H groups in total. The molecule has 1 fully saturated rings. The first-order chi connectivity index (χ1) is 9.16. The average Bonchev–Trinajstić information content (AvgIpc) is 2.40. The Morgan fingerprint density at radius 2 is 2.15 bits per heavy atom. The molecule has 1 aromatic carbocycles. The van der Waals surface area contributed by atoms with Crippen molar-refractivity contribution in [1.82, 2.24) is 5.32 Å². The molecule has 0 radical (unpaired) electrons. The van der Waals surface area contributed by atoms with Gasteiger partial charge in [-0.3, -0.25) is 4.79 Å². The maximum atomic E-state index is 12.5. The number of methoxy groups -OCH3 is 1. The summed E-state index contributed by atoms with van der Waals surface area (Å²) in [7, 11) is 1.64. The van der Waals surface area contributed by atoms with Crippen molar-refractivity contribution in [2.24, 2.45) is 5.41 Å². The second-order valence-corrected chi connectivity index (χ2v) is 5.36. The molecule has 1 aromatic rings. The first-order valence-corrected chi connectivity index (χ1v) is 6.81. The molecule has 4 nitrogen and oxygen atoms in total. The quantitative estimate of drug-likeness (QED) is 0.897. The van der Waals surface area contributed by atoms with Crippen LogP contribution in [0.4, 0.5) is 5.69 Å². The lowest BCUT2D eigenvalue weighted by Crippen LogP contribution is -2.47. The highest BCUT2D eigenvalue weighted by Gasteiger charge is 2.39. The van der Waals surface area contributed by atoms with Crippen molar-refractivity contribution in [3.63, 3.8) is 0 Å². The molecule has 0 saturated carbocycles. The summed E-state index contributed by atoms with van der Waals surface area (Å²) in [5, 5.41) is 6.83. The van der Waals surface area contributed by atoms with Crippen molar-refractivity contribution < 1.29 is 9.53 Å². The van der Waals surface area contributed by atoms with Gasteiger partial charge in [-0.2, -0.15) is 0 Å². The number of carbonyl (C=O) groups is 1. The summed E-state index contributed by atoms with van der Waals surface area (Å²) >= 11 is 5.92. The second-order valence-electron chi connectivity index (χ2n) is 4.93. The van der Waals surface area contributed by atoms with Crippen LogP contribution in [0.1, 0.15) is 12.8 Å². The van der Waals surface area contributed by atoms with E-state index in [4.69, 9.17) is 16.3 Å².